The van der Waals surface area contributed by atoms with Gasteiger partial charge in [-0.2, -0.15) is 0 Å². The minimum absolute atomic E-state index is 0.0933. The number of benzene rings is 2. The number of nitrogens with one attached hydrogen (secondary N) is 1. The number of nitrogens with zero attached hydrogens (tertiary/aromatic N) is 1. The van der Waals surface area contributed by atoms with Crippen molar-refractivity contribution in [2.75, 3.05) is 6.61 Å². The zero-order valence-corrected chi connectivity index (χ0v) is 20.5. The van der Waals surface area contributed by atoms with Crippen molar-refractivity contribution >= 4 is 11.8 Å². The molecule has 0 saturated heterocycles. The highest BCUT2D eigenvalue weighted by molar-refractivity contribution is 5.88. The molecule has 0 bridgehead atoms. The summed E-state index contributed by atoms with van der Waals surface area (Å²) in [5.74, 6) is 0.802. The maximum Gasteiger partial charge on any atom is 0.261 e. The molecule has 1 aliphatic carbocycles. The Balaban J connectivity index is 1.69. The standard InChI is InChI=1S/C28H38N2O3/c1-20(2)24-13-15-26(16-14-24)33-19-27(31)30(18-23-10-8-9-21(3)17-23)22(4)28(32)29-25-11-6-5-7-12-25/h8-10,13-17,20,22,25H,5-7,11-12,18-19H2,1-4H3,(H,29,32)/t22-/m0/s1. The Labute approximate surface area is 198 Å². The Morgan fingerprint density at radius 3 is 2.36 bits per heavy atom. The zero-order valence-electron chi connectivity index (χ0n) is 20.5. The molecule has 5 nitrogen and oxygen atoms in total. The van der Waals surface area contributed by atoms with E-state index in [1.807, 2.05) is 56.3 Å². The molecule has 0 unspecified atom stereocenters. The number of aryl methyl sites for hydroxylation is 1. The lowest BCUT2D eigenvalue weighted by Gasteiger charge is -2.31. The van der Waals surface area contributed by atoms with E-state index in [2.05, 4.69) is 25.2 Å². The van der Waals surface area contributed by atoms with Gasteiger partial charge in [-0.25, -0.2) is 0 Å². The monoisotopic (exact) mass is 450 g/mol. The average Bonchev–Trinajstić information content (AvgIpc) is 2.81. The van der Waals surface area contributed by atoms with Crippen LogP contribution in [-0.2, 0) is 16.1 Å². The summed E-state index contributed by atoms with van der Waals surface area (Å²) >= 11 is 0. The Morgan fingerprint density at radius 1 is 1.03 bits per heavy atom. The first-order valence-electron chi connectivity index (χ1n) is 12.2. The van der Waals surface area contributed by atoms with Crippen LogP contribution in [0.1, 0.15) is 75.5 Å². The first kappa shape index (κ1) is 24.8. The van der Waals surface area contributed by atoms with Crippen LogP contribution in [0.15, 0.2) is 48.5 Å². The van der Waals surface area contributed by atoms with Gasteiger partial charge in [-0.3, -0.25) is 9.59 Å². The number of amides is 2. The van der Waals surface area contributed by atoms with Crippen molar-refractivity contribution in [2.45, 2.75) is 84.3 Å². The number of hydrogen-bond donors (Lipinski definition) is 1. The molecular formula is C28H38N2O3. The molecule has 0 radical (unpaired) electrons. The van der Waals surface area contributed by atoms with Crippen LogP contribution in [0.5, 0.6) is 5.75 Å². The van der Waals surface area contributed by atoms with Crippen molar-refractivity contribution in [3.8, 4) is 5.75 Å². The van der Waals surface area contributed by atoms with Gasteiger partial charge in [0.15, 0.2) is 6.61 Å². The number of hydrogen-bond acceptors (Lipinski definition) is 3. The first-order valence-corrected chi connectivity index (χ1v) is 12.2. The number of rotatable bonds is 9. The maximum atomic E-state index is 13.2. The van der Waals surface area contributed by atoms with Gasteiger partial charge in [0.05, 0.1) is 0 Å². The van der Waals surface area contributed by atoms with Crippen LogP contribution in [0.25, 0.3) is 0 Å². The summed E-state index contributed by atoms with van der Waals surface area (Å²) in [5, 5.41) is 3.17. The van der Waals surface area contributed by atoms with E-state index < -0.39 is 6.04 Å². The van der Waals surface area contributed by atoms with Gasteiger partial charge in [0.2, 0.25) is 5.91 Å². The van der Waals surface area contributed by atoms with E-state index in [-0.39, 0.29) is 24.5 Å². The fourth-order valence-corrected chi connectivity index (χ4v) is 4.34. The van der Waals surface area contributed by atoms with Crippen LogP contribution in [0.3, 0.4) is 0 Å². The van der Waals surface area contributed by atoms with Crippen LogP contribution < -0.4 is 10.1 Å². The van der Waals surface area contributed by atoms with E-state index in [4.69, 9.17) is 4.74 Å². The van der Waals surface area contributed by atoms with E-state index in [1.54, 1.807) is 4.90 Å². The van der Waals surface area contributed by atoms with E-state index >= 15 is 0 Å². The molecule has 178 valence electrons. The van der Waals surface area contributed by atoms with Gasteiger partial charge in [0.25, 0.3) is 5.91 Å². The van der Waals surface area contributed by atoms with E-state index in [0.29, 0.717) is 18.2 Å². The molecule has 1 atom stereocenters. The average molecular weight is 451 g/mol. The van der Waals surface area contributed by atoms with Crippen LogP contribution in [0.2, 0.25) is 0 Å². The van der Waals surface area contributed by atoms with Crippen molar-refractivity contribution in [1.82, 2.24) is 10.2 Å². The second-order valence-corrected chi connectivity index (χ2v) is 9.54. The van der Waals surface area contributed by atoms with Gasteiger partial charge in [-0.15, -0.1) is 0 Å². The van der Waals surface area contributed by atoms with Gasteiger partial charge >= 0.3 is 0 Å². The predicted molar refractivity (Wildman–Crippen MR) is 132 cm³/mol. The third kappa shape index (κ3) is 7.34. The molecule has 2 amide bonds. The molecule has 33 heavy (non-hydrogen) atoms. The van der Waals surface area contributed by atoms with Gasteiger partial charge < -0.3 is 15.0 Å². The smallest absolute Gasteiger partial charge is 0.261 e. The van der Waals surface area contributed by atoms with Crippen molar-refractivity contribution in [3.63, 3.8) is 0 Å². The summed E-state index contributed by atoms with van der Waals surface area (Å²) in [6.07, 6.45) is 5.55. The minimum atomic E-state index is -0.577. The van der Waals surface area contributed by atoms with Crippen LogP contribution in [-0.4, -0.2) is 35.4 Å². The van der Waals surface area contributed by atoms with E-state index in [9.17, 15) is 9.59 Å². The fourth-order valence-electron chi connectivity index (χ4n) is 4.34. The highest BCUT2D eigenvalue weighted by atomic mass is 16.5. The maximum absolute atomic E-state index is 13.2. The molecule has 1 saturated carbocycles. The molecule has 5 heteroatoms. The Kier molecular flexibility index (Phi) is 8.93. The third-order valence-corrected chi connectivity index (χ3v) is 6.46. The summed E-state index contributed by atoms with van der Waals surface area (Å²) in [7, 11) is 0. The molecule has 3 rings (SSSR count). The molecular weight excluding hydrogens is 412 g/mol. The normalized spacial score (nSPS) is 15.2. The molecule has 0 heterocycles. The Hall–Kier alpha value is -2.82. The van der Waals surface area contributed by atoms with Crippen molar-refractivity contribution in [2.24, 2.45) is 0 Å². The van der Waals surface area contributed by atoms with E-state index in [1.165, 1.54) is 12.0 Å². The Morgan fingerprint density at radius 2 is 1.73 bits per heavy atom. The topological polar surface area (TPSA) is 58.6 Å². The molecule has 1 N–H and O–H groups in total. The molecule has 2 aromatic rings. The number of carbonyl (C=O) groups is 2. The summed E-state index contributed by atoms with van der Waals surface area (Å²) in [6.45, 7) is 8.38. The zero-order chi connectivity index (χ0) is 23.8. The van der Waals surface area contributed by atoms with Gasteiger partial charge in [-0.05, 0) is 55.9 Å². The van der Waals surface area contributed by atoms with Gasteiger partial charge in [-0.1, -0.05) is 75.1 Å². The van der Waals surface area contributed by atoms with Crippen LogP contribution in [0, 0.1) is 6.92 Å². The summed E-state index contributed by atoms with van der Waals surface area (Å²) in [4.78, 5) is 27.9. The fraction of sp³-hybridized carbons (Fsp3) is 0.500. The largest absolute Gasteiger partial charge is 0.484 e. The van der Waals surface area contributed by atoms with Crippen molar-refractivity contribution < 1.29 is 14.3 Å². The highest BCUT2D eigenvalue weighted by Crippen LogP contribution is 2.20. The SMILES string of the molecule is Cc1cccc(CN(C(=O)COc2ccc(C(C)C)cc2)[C@@H](C)C(=O)NC2CCCCC2)c1. The molecule has 0 aromatic heterocycles. The highest BCUT2D eigenvalue weighted by Gasteiger charge is 2.28. The molecule has 1 fully saturated rings. The molecule has 1 aliphatic rings. The number of ether oxygens (including phenoxy) is 1. The van der Waals surface area contributed by atoms with Crippen LogP contribution in [0.4, 0.5) is 0 Å². The summed E-state index contributed by atoms with van der Waals surface area (Å²) in [5.41, 5.74) is 3.35. The molecule has 0 aliphatic heterocycles. The summed E-state index contributed by atoms with van der Waals surface area (Å²) < 4.78 is 5.80. The first-order chi connectivity index (χ1) is 15.8. The van der Waals surface area contributed by atoms with Crippen molar-refractivity contribution in [3.05, 3.63) is 65.2 Å². The lowest BCUT2D eigenvalue weighted by atomic mass is 9.95. The van der Waals surface area contributed by atoms with Gasteiger partial charge in [0, 0.05) is 12.6 Å². The second-order valence-electron chi connectivity index (χ2n) is 9.54. The quantitative estimate of drug-likeness (QED) is 0.559. The predicted octanol–water partition coefficient (Wildman–Crippen LogP) is 5.36. The second kappa shape index (κ2) is 11.9. The lowest BCUT2D eigenvalue weighted by Crippen LogP contribution is -2.51. The minimum Gasteiger partial charge on any atom is -0.484 e. The van der Waals surface area contributed by atoms with Crippen LogP contribution >= 0.6 is 0 Å². The molecule has 0 spiro atoms. The number of carbonyl (C=O) groups excluding carboxylic acids is 2. The summed E-state index contributed by atoms with van der Waals surface area (Å²) in [6, 6.07) is 15.5. The van der Waals surface area contributed by atoms with Gasteiger partial charge in [0.1, 0.15) is 11.8 Å². The van der Waals surface area contributed by atoms with E-state index in [0.717, 1.165) is 36.8 Å². The third-order valence-electron chi connectivity index (χ3n) is 6.46. The lowest BCUT2D eigenvalue weighted by molar-refractivity contribution is -0.142. The van der Waals surface area contributed by atoms with Crippen molar-refractivity contribution in [1.29, 1.82) is 0 Å². The molecule has 2 aromatic carbocycles. The Bertz CT molecular complexity index is 917.